The highest BCUT2D eigenvalue weighted by Gasteiger charge is 2.37. The van der Waals surface area contributed by atoms with E-state index in [1.165, 1.54) is 16.4 Å². The third-order valence-electron chi connectivity index (χ3n) is 6.08. The van der Waals surface area contributed by atoms with Gasteiger partial charge in [-0.05, 0) is 49.9 Å². The Morgan fingerprint density at radius 3 is 1.66 bits per heavy atom. The molecule has 2 heterocycles. The predicted molar refractivity (Wildman–Crippen MR) is 104 cm³/mol. The summed E-state index contributed by atoms with van der Waals surface area (Å²) < 4.78 is 39.9. The number of nitrogens with zero attached hydrogens (tertiary/aromatic N) is 3. The molecule has 29 heavy (non-hydrogen) atoms. The summed E-state index contributed by atoms with van der Waals surface area (Å²) in [4.78, 5) is 28.7. The van der Waals surface area contributed by atoms with Crippen molar-refractivity contribution in [1.82, 2.24) is 14.1 Å². The average molecular weight is 424 g/mol. The van der Waals surface area contributed by atoms with Gasteiger partial charge in [0.2, 0.25) is 21.8 Å². The number of carbonyl (C=O) groups is 2. The first-order valence-corrected chi connectivity index (χ1v) is 11.6. The molecule has 2 amide bonds. The van der Waals surface area contributed by atoms with Gasteiger partial charge in [-0.15, -0.1) is 0 Å². The third kappa shape index (κ3) is 4.30. The van der Waals surface area contributed by atoms with Crippen molar-refractivity contribution >= 4 is 21.8 Å². The molecular formula is C20H26FN3O4S. The number of rotatable bonds is 4. The summed E-state index contributed by atoms with van der Waals surface area (Å²) in [6.45, 7) is 2.81. The van der Waals surface area contributed by atoms with Gasteiger partial charge in [0.25, 0.3) is 0 Å². The molecule has 4 rings (SSSR count). The lowest BCUT2D eigenvalue weighted by Crippen LogP contribution is -2.53. The highest BCUT2D eigenvalue weighted by Crippen LogP contribution is 2.31. The van der Waals surface area contributed by atoms with Crippen LogP contribution in [0.1, 0.15) is 25.7 Å². The lowest BCUT2D eigenvalue weighted by atomic mass is 9.96. The Balaban J connectivity index is 1.29. The minimum absolute atomic E-state index is 0.0577. The van der Waals surface area contributed by atoms with Gasteiger partial charge in [-0.25, -0.2) is 12.8 Å². The number of hydrogen-bond donors (Lipinski definition) is 0. The quantitative estimate of drug-likeness (QED) is 0.732. The maximum atomic E-state index is 13.1. The van der Waals surface area contributed by atoms with Gasteiger partial charge in [-0.2, -0.15) is 4.31 Å². The zero-order valence-corrected chi connectivity index (χ0v) is 17.1. The molecule has 3 fully saturated rings. The summed E-state index contributed by atoms with van der Waals surface area (Å²) in [5.74, 6) is -0.198. The normalized spacial score (nSPS) is 22.0. The van der Waals surface area contributed by atoms with Crippen molar-refractivity contribution in [1.29, 1.82) is 0 Å². The number of amides is 2. The molecule has 1 aromatic carbocycles. The first-order chi connectivity index (χ1) is 13.9. The third-order valence-corrected chi connectivity index (χ3v) is 8.00. The molecule has 0 aromatic heterocycles. The highest BCUT2D eigenvalue weighted by molar-refractivity contribution is 7.89. The van der Waals surface area contributed by atoms with Crippen LogP contribution in [0.2, 0.25) is 0 Å². The van der Waals surface area contributed by atoms with E-state index in [0.29, 0.717) is 39.0 Å². The zero-order valence-electron chi connectivity index (χ0n) is 16.3. The standard InChI is InChI=1S/C20H26FN3O4S/c21-17-3-5-18(6-4-17)29(27,28)24-9-7-16(8-10-24)20(26)23-13-11-22(12-14-23)19(25)15-1-2-15/h3-6,15-16H,1-2,7-14H2. The second-order valence-electron chi connectivity index (χ2n) is 8.06. The maximum Gasteiger partial charge on any atom is 0.243 e. The van der Waals surface area contributed by atoms with Crippen LogP contribution in [0.25, 0.3) is 0 Å². The Bertz CT molecular complexity index is 869. The van der Waals surface area contributed by atoms with Gasteiger partial charge in [0, 0.05) is 51.1 Å². The molecule has 1 aliphatic carbocycles. The van der Waals surface area contributed by atoms with E-state index in [9.17, 15) is 22.4 Å². The Morgan fingerprint density at radius 2 is 1.21 bits per heavy atom. The van der Waals surface area contributed by atoms with Crippen LogP contribution in [0.5, 0.6) is 0 Å². The summed E-state index contributed by atoms with van der Waals surface area (Å²) in [5.41, 5.74) is 0. The lowest BCUT2D eigenvalue weighted by molar-refractivity contribution is -0.143. The van der Waals surface area contributed by atoms with E-state index in [1.807, 2.05) is 9.80 Å². The molecule has 0 spiro atoms. The summed E-state index contributed by atoms with van der Waals surface area (Å²) in [6, 6.07) is 4.81. The van der Waals surface area contributed by atoms with Gasteiger partial charge in [0.1, 0.15) is 5.82 Å². The van der Waals surface area contributed by atoms with Gasteiger partial charge < -0.3 is 9.80 Å². The van der Waals surface area contributed by atoms with Crippen LogP contribution in [0, 0.1) is 17.7 Å². The van der Waals surface area contributed by atoms with Crippen molar-refractivity contribution in [3.8, 4) is 0 Å². The molecule has 158 valence electrons. The number of halogens is 1. The van der Waals surface area contributed by atoms with E-state index in [4.69, 9.17) is 0 Å². The second-order valence-corrected chi connectivity index (χ2v) is 10.00. The minimum Gasteiger partial charge on any atom is -0.339 e. The average Bonchev–Trinajstić information content (AvgIpc) is 3.59. The van der Waals surface area contributed by atoms with Crippen LogP contribution >= 0.6 is 0 Å². The molecule has 9 heteroatoms. The van der Waals surface area contributed by atoms with Crippen molar-refractivity contribution < 1.29 is 22.4 Å². The van der Waals surface area contributed by atoms with E-state index in [2.05, 4.69) is 0 Å². The number of piperidine rings is 1. The van der Waals surface area contributed by atoms with Crippen LogP contribution in [0.4, 0.5) is 4.39 Å². The molecule has 1 saturated carbocycles. The Kier molecular flexibility index (Phi) is 5.61. The fraction of sp³-hybridized carbons (Fsp3) is 0.600. The van der Waals surface area contributed by atoms with E-state index >= 15 is 0 Å². The van der Waals surface area contributed by atoms with Crippen LogP contribution in [-0.2, 0) is 19.6 Å². The van der Waals surface area contributed by atoms with E-state index in [0.717, 1.165) is 25.0 Å². The van der Waals surface area contributed by atoms with Crippen LogP contribution < -0.4 is 0 Å². The van der Waals surface area contributed by atoms with Crippen LogP contribution in [-0.4, -0.2) is 73.6 Å². The first kappa shape index (κ1) is 20.3. The molecule has 0 unspecified atom stereocenters. The number of hydrogen-bond acceptors (Lipinski definition) is 4. The molecule has 2 aliphatic heterocycles. The monoisotopic (exact) mass is 423 g/mol. The molecule has 3 aliphatic rings. The molecule has 2 saturated heterocycles. The number of benzene rings is 1. The van der Waals surface area contributed by atoms with Gasteiger partial charge >= 0.3 is 0 Å². The van der Waals surface area contributed by atoms with Gasteiger partial charge in [0.05, 0.1) is 4.90 Å². The molecule has 0 bridgehead atoms. The smallest absolute Gasteiger partial charge is 0.243 e. The molecule has 0 radical (unpaired) electrons. The highest BCUT2D eigenvalue weighted by atomic mass is 32.2. The van der Waals surface area contributed by atoms with Gasteiger partial charge in [0.15, 0.2) is 0 Å². The molecular weight excluding hydrogens is 397 g/mol. The van der Waals surface area contributed by atoms with Crippen molar-refractivity contribution in [2.45, 2.75) is 30.6 Å². The van der Waals surface area contributed by atoms with Gasteiger partial charge in [-0.1, -0.05) is 0 Å². The minimum atomic E-state index is -3.67. The largest absolute Gasteiger partial charge is 0.339 e. The number of carbonyl (C=O) groups excluding carboxylic acids is 2. The Labute approximate surface area is 170 Å². The first-order valence-electron chi connectivity index (χ1n) is 10.2. The predicted octanol–water partition coefficient (Wildman–Crippen LogP) is 1.31. The van der Waals surface area contributed by atoms with Crippen molar-refractivity contribution in [2.75, 3.05) is 39.3 Å². The number of piperazine rings is 1. The van der Waals surface area contributed by atoms with Gasteiger partial charge in [-0.3, -0.25) is 9.59 Å². The number of sulfonamides is 1. The Hall–Kier alpha value is -2.00. The summed E-state index contributed by atoms with van der Waals surface area (Å²) >= 11 is 0. The maximum absolute atomic E-state index is 13.1. The summed E-state index contributed by atoms with van der Waals surface area (Å²) in [7, 11) is -3.67. The van der Waals surface area contributed by atoms with E-state index in [1.54, 1.807) is 0 Å². The molecule has 7 nitrogen and oxygen atoms in total. The van der Waals surface area contributed by atoms with Crippen molar-refractivity contribution in [2.24, 2.45) is 11.8 Å². The fourth-order valence-electron chi connectivity index (χ4n) is 4.09. The van der Waals surface area contributed by atoms with Crippen LogP contribution in [0.3, 0.4) is 0 Å². The molecule has 0 atom stereocenters. The van der Waals surface area contributed by atoms with E-state index < -0.39 is 15.8 Å². The zero-order chi connectivity index (χ0) is 20.6. The fourth-order valence-corrected chi connectivity index (χ4v) is 5.56. The SMILES string of the molecule is O=C(C1CC1)N1CCN(C(=O)C2CCN(S(=O)(=O)c3ccc(F)cc3)CC2)CC1. The molecule has 1 aromatic rings. The summed E-state index contributed by atoms with van der Waals surface area (Å²) in [6.07, 6.45) is 2.91. The Morgan fingerprint density at radius 1 is 0.759 bits per heavy atom. The summed E-state index contributed by atoms with van der Waals surface area (Å²) in [5, 5.41) is 0. The lowest BCUT2D eigenvalue weighted by Gasteiger charge is -2.38. The van der Waals surface area contributed by atoms with Crippen LogP contribution in [0.15, 0.2) is 29.2 Å². The topological polar surface area (TPSA) is 78.0 Å². The van der Waals surface area contributed by atoms with E-state index in [-0.39, 0.29) is 41.6 Å². The molecule has 0 N–H and O–H groups in total. The van der Waals surface area contributed by atoms with Crippen molar-refractivity contribution in [3.63, 3.8) is 0 Å². The van der Waals surface area contributed by atoms with Crippen molar-refractivity contribution in [3.05, 3.63) is 30.1 Å². The second kappa shape index (κ2) is 8.02.